The van der Waals surface area contributed by atoms with Gasteiger partial charge in [0.1, 0.15) is 0 Å². The van der Waals surface area contributed by atoms with Crippen molar-refractivity contribution < 1.29 is 9.90 Å². The minimum atomic E-state index is -0.864. The van der Waals surface area contributed by atoms with Crippen LogP contribution in [0.1, 0.15) is 95.1 Å². The molecule has 0 bridgehead atoms. The Morgan fingerprint density at radius 2 is 1.74 bits per heavy atom. The molecule has 0 amide bonds. The Morgan fingerprint density at radius 1 is 1.04 bits per heavy atom. The average molecular weight is 369 g/mol. The largest absolute Gasteiger partial charge is 0.478 e. The van der Waals surface area contributed by atoms with Crippen LogP contribution in [0.2, 0.25) is 0 Å². The lowest BCUT2D eigenvalue weighted by molar-refractivity contribution is -0.130. The van der Waals surface area contributed by atoms with Gasteiger partial charge in [-0.15, -0.1) is 0 Å². The second-order valence-electron chi connectivity index (χ2n) is 7.94. The number of carboxylic acids is 1. The lowest BCUT2D eigenvalue weighted by Gasteiger charge is -2.29. The molecule has 1 aromatic carbocycles. The molecule has 2 rings (SSSR count). The average Bonchev–Trinajstić information content (AvgIpc) is 2.69. The van der Waals surface area contributed by atoms with Crippen molar-refractivity contribution in [3.05, 3.63) is 53.6 Å². The van der Waals surface area contributed by atoms with E-state index in [1.165, 1.54) is 56.9 Å². The van der Waals surface area contributed by atoms with Crippen molar-refractivity contribution in [2.45, 2.75) is 84.0 Å². The Labute approximate surface area is 165 Å². The zero-order chi connectivity index (χ0) is 19.5. The van der Waals surface area contributed by atoms with Crippen molar-refractivity contribution in [2.24, 2.45) is 5.92 Å². The zero-order valence-corrected chi connectivity index (χ0v) is 17.1. The first-order chi connectivity index (χ1) is 13.2. The van der Waals surface area contributed by atoms with E-state index in [0.29, 0.717) is 11.5 Å². The Bertz CT molecular complexity index is 616. The molecule has 1 N–H and O–H groups in total. The van der Waals surface area contributed by atoms with Crippen LogP contribution in [0.4, 0.5) is 0 Å². The predicted molar refractivity (Wildman–Crippen MR) is 115 cm³/mol. The van der Waals surface area contributed by atoms with Gasteiger partial charge in [0.2, 0.25) is 0 Å². The lowest BCUT2D eigenvalue weighted by Crippen LogP contribution is -2.13. The quantitative estimate of drug-likeness (QED) is 0.266. The van der Waals surface area contributed by atoms with Gasteiger partial charge in [-0.2, -0.15) is 0 Å². The highest BCUT2D eigenvalue weighted by Crippen LogP contribution is 2.38. The highest BCUT2D eigenvalue weighted by molar-refractivity contribution is 6.15. The fraction of sp³-hybridized carbons (Fsp3) is 0.560. The van der Waals surface area contributed by atoms with Crippen LogP contribution in [0.25, 0.3) is 5.57 Å². The molecule has 27 heavy (non-hydrogen) atoms. The first kappa shape index (κ1) is 21.5. The molecular formula is C25H36O2. The number of hydrogen-bond donors (Lipinski definition) is 1. The molecule has 1 saturated carbocycles. The number of benzene rings is 1. The third-order valence-corrected chi connectivity index (χ3v) is 5.84. The predicted octanol–water partition coefficient (Wildman–Crippen LogP) is 7.37. The van der Waals surface area contributed by atoms with Crippen molar-refractivity contribution >= 4 is 11.5 Å². The van der Waals surface area contributed by atoms with Gasteiger partial charge < -0.3 is 5.11 Å². The standard InChI is InChI=1S/C25H36O2/c1-3-5-7-9-11-24(25(26)27)23-18-16-22(17-19-23)21-14-12-20(13-15-21)10-8-6-4-2/h7,9,11,16-21H,3-6,8,10,12-15H2,1-2H3,(H,26,27)/b9-7+,24-11+. The highest BCUT2D eigenvalue weighted by Gasteiger charge is 2.22. The molecule has 1 fully saturated rings. The van der Waals surface area contributed by atoms with Gasteiger partial charge >= 0.3 is 5.97 Å². The summed E-state index contributed by atoms with van der Waals surface area (Å²) in [4.78, 5) is 11.6. The zero-order valence-electron chi connectivity index (χ0n) is 17.1. The van der Waals surface area contributed by atoms with Gasteiger partial charge in [-0.05, 0) is 61.1 Å². The van der Waals surface area contributed by atoms with Crippen LogP contribution in [-0.4, -0.2) is 11.1 Å². The van der Waals surface area contributed by atoms with Crippen molar-refractivity contribution in [2.75, 3.05) is 0 Å². The summed E-state index contributed by atoms with van der Waals surface area (Å²) in [7, 11) is 0. The maximum atomic E-state index is 11.6. The molecule has 2 heteroatoms. The molecule has 0 aliphatic heterocycles. The van der Waals surface area contributed by atoms with Crippen LogP contribution >= 0.6 is 0 Å². The minimum Gasteiger partial charge on any atom is -0.478 e. The highest BCUT2D eigenvalue weighted by atomic mass is 16.4. The topological polar surface area (TPSA) is 37.3 Å². The third-order valence-electron chi connectivity index (χ3n) is 5.84. The normalized spacial score (nSPS) is 20.9. The first-order valence-corrected chi connectivity index (χ1v) is 10.9. The van der Waals surface area contributed by atoms with E-state index in [0.717, 1.165) is 24.3 Å². The summed E-state index contributed by atoms with van der Waals surface area (Å²) in [5, 5.41) is 9.52. The summed E-state index contributed by atoms with van der Waals surface area (Å²) in [5.74, 6) is 0.697. The summed E-state index contributed by atoms with van der Waals surface area (Å²) >= 11 is 0. The van der Waals surface area contributed by atoms with E-state index in [9.17, 15) is 9.90 Å². The van der Waals surface area contributed by atoms with Gasteiger partial charge in [-0.25, -0.2) is 4.79 Å². The number of carbonyl (C=O) groups is 1. The van der Waals surface area contributed by atoms with E-state index in [4.69, 9.17) is 0 Å². The van der Waals surface area contributed by atoms with E-state index < -0.39 is 5.97 Å². The molecule has 0 atom stereocenters. The second-order valence-corrected chi connectivity index (χ2v) is 7.94. The Kier molecular flexibility index (Phi) is 9.38. The van der Waals surface area contributed by atoms with E-state index in [1.807, 2.05) is 24.3 Å². The van der Waals surface area contributed by atoms with Gasteiger partial charge in [0, 0.05) is 0 Å². The maximum absolute atomic E-state index is 11.6. The van der Waals surface area contributed by atoms with Gasteiger partial charge in [0.05, 0.1) is 5.57 Å². The molecule has 148 valence electrons. The fourth-order valence-electron chi connectivity index (χ4n) is 4.12. The molecule has 0 spiro atoms. The maximum Gasteiger partial charge on any atom is 0.336 e. The van der Waals surface area contributed by atoms with Crippen LogP contribution in [0, 0.1) is 5.92 Å². The molecule has 0 heterocycles. The third kappa shape index (κ3) is 7.01. The lowest BCUT2D eigenvalue weighted by atomic mass is 9.77. The Balaban J connectivity index is 1.95. The van der Waals surface area contributed by atoms with Gasteiger partial charge in [-0.3, -0.25) is 0 Å². The summed E-state index contributed by atoms with van der Waals surface area (Å²) in [6.45, 7) is 4.39. The molecule has 0 aromatic heterocycles. The molecule has 0 radical (unpaired) electrons. The molecule has 1 aromatic rings. The van der Waals surface area contributed by atoms with Crippen LogP contribution < -0.4 is 0 Å². The van der Waals surface area contributed by atoms with Crippen molar-refractivity contribution in [1.82, 2.24) is 0 Å². The molecule has 1 aliphatic carbocycles. The molecular weight excluding hydrogens is 332 g/mol. The minimum absolute atomic E-state index is 0.369. The summed E-state index contributed by atoms with van der Waals surface area (Å²) in [6.07, 6.45) is 18.4. The SMILES string of the molecule is CCC/C=C/C=C(/C(=O)O)c1ccc(C2CCC(CCCCC)CC2)cc1. The van der Waals surface area contributed by atoms with Crippen molar-refractivity contribution in [3.8, 4) is 0 Å². The van der Waals surface area contributed by atoms with Crippen LogP contribution in [0.3, 0.4) is 0 Å². The number of rotatable bonds is 10. The van der Waals surface area contributed by atoms with Crippen LogP contribution in [0.5, 0.6) is 0 Å². The van der Waals surface area contributed by atoms with Crippen LogP contribution in [-0.2, 0) is 4.79 Å². The summed E-state index contributed by atoms with van der Waals surface area (Å²) in [5.41, 5.74) is 2.53. The fourth-order valence-corrected chi connectivity index (χ4v) is 4.12. The summed E-state index contributed by atoms with van der Waals surface area (Å²) in [6, 6.07) is 8.25. The van der Waals surface area contributed by atoms with Crippen molar-refractivity contribution in [3.63, 3.8) is 0 Å². The monoisotopic (exact) mass is 368 g/mol. The van der Waals surface area contributed by atoms with Crippen molar-refractivity contribution in [1.29, 1.82) is 0 Å². The number of hydrogen-bond acceptors (Lipinski definition) is 1. The molecule has 2 nitrogen and oxygen atoms in total. The van der Waals surface area contributed by atoms with Gasteiger partial charge in [0.25, 0.3) is 0 Å². The van der Waals surface area contributed by atoms with E-state index in [-0.39, 0.29) is 0 Å². The van der Waals surface area contributed by atoms with E-state index >= 15 is 0 Å². The van der Waals surface area contributed by atoms with E-state index in [2.05, 4.69) is 26.0 Å². The smallest absolute Gasteiger partial charge is 0.336 e. The number of allylic oxidation sites excluding steroid dienone is 3. The molecule has 1 aliphatic rings. The number of aliphatic carboxylic acids is 1. The van der Waals surface area contributed by atoms with E-state index in [1.54, 1.807) is 6.08 Å². The molecule has 0 saturated heterocycles. The van der Waals surface area contributed by atoms with Gasteiger partial charge in [-0.1, -0.05) is 82.4 Å². The van der Waals surface area contributed by atoms with Crippen LogP contribution in [0.15, 0.2) is 42.5 Å². The second kappa shape index (κ2) is 11.8. The molecule has 0 unspecified atom stereocenters. The summed E-state index contributed by atoms with van der Waals surface area (Å²) < 4.78 is 0. The first-order valence-electron chi connectivity index (χ1n) is 10.9. The Hall–Kier alpha value is -1.83. The number of unbranched alkanes of at least 4 members (excludes halogenated alkanes) is 3. The number of carboxylic acid groups (broad SMARTS) is 1. The van der Waals surface area contributed by atoms with Gasteiger partial charge in [0.15, 0.2) is 0 Å². The Morgan fingerprint density at radius 3 is 2.33 bits per heavy atom.